The Kier molecular flexibility index (Phi) is 12.0. The molecule has 2 aliphatic heterocycles. The molecular formula is C46H55N3O3S. The summed E-state index contributed by atoms with van der Waals surface area (Å²) in [4.78, 5) is 6.59. The van der Waals surface area contributed by atoms with Gasteiger partial charge in [-0.05, 0) is 138 Å². The van der Waals surface area contributed by atoms with E-state index in [0.717, 1.165) is 86.9 Å². The van der Waals surface area contributed by atoms with Crippen LogP contribution in [0, 0.1) is 0 Å². The Morgan fingerprint density at radius 3 is 2.34 bits per heavy atom. The Labute approximate surface area is 321 Å². The first-order valence-electron chi connectivity index (χ1n) is 19.3. The third-order valence-electron chi connectivity index (χ3n) is 11.0. The summed E-state index contributed by atoms with van der Waals surface area (Å²) in [6.07, 6.45) is 13.6. The van der Waals surface area contributed by atoms with E-state index in [0.29, 0.717) is 12.0 Å². The van der Waals surface area contributed by atoms with Gasteiger partial charge in [-0.25, -0.2) is 0 Å². The second-order valence-electron chi connectivity index (χ2n) is 14.6. The van der Waals surface area contributed by atoms with Crippen LogP contribution in [0.5, 0.6) is 17.2 Å². The molecule has 0 unspecified atom stereocenters. The highest BCUT2D eigenvalue weighted by molar-refractivity contribution is 7.98. The number of ether oxygens (including phenoxy) is 3. The number of aryl methyl sites for hydroxylation is 1. The molecule has 0 radical (unpaired) electrons. The molecule has 7 heteroatoms. The summed E-state index contributed by atoms with van der Waals surface area (Å²) < 4.78 is 17.2. The molecule has 0 bridgehead atoms. The summed E-state index contributed by atoms with van der Waals surface area (Å²) in [5, 5.41) is 3.64. The topological polar surface area (TPSA) is 46.2 Å². The van der Waals surface area contributed by atoms with Crippen molar-refractivity contribution in [2.24, 2.45) is 0 Å². The molecule has 3 aliphatic rings. The van der Waals surface area contributed by atoms with Crippen LogP contribution in [0.25, 0.3) is 16.8 Å². The molecule has 4 aromatic carbocycles. The summed E-state index contributed by atoms with van der Waals surface area (Å²) in [5.74, 6) is 3.27. The van der Waals surface area contributed by atoms with Gasteiger partial charge in [-0.1, -0.05) is 43.7 Å². The van der Waals surface area contributed by atoms with Gasteiger partial charge in [-0.3, -0.25) is 4.90 Å². The minimum absolute atomic E-state index is 0.459. The maximum absolute atomic E-state index is 5.78. The van der Waals surface area contributed by atoms with Crippen molar-refractivity contribution in [1.82, 2.24) is 10.2 Å². The monoisotopic (exact) mass is 729 g/mol. The SMILES string of the molecule is CCCc1cc(C2=CC(CN(c3ccc(SC)cc3)C3CCN(Cc4cccc(-c5cc(OC)cc(C6CC6)c5)c4)CC3)=CCN2)cc(OC)c1OC. The maximum Gasteiger partial charge on any atom is 0.163 e. The molecule has 6 nitrogen and oxygen atoms in total. The Hall–Kier alpha value is -4.33. The second-order valence-corrected chi connectivity index (χ2v) is 15.5. The largest absolute Gasteiger partial charge is 0.497 e. The lowest BCUT2D eigenvalue weighted by molar-refractivity contribution is 0.202. The summed E-state index contributed by atoms with van der Waals surface area (Å²) in [6, 6.07) is 29.9. The number of nitrogens with one attached hydrogen (secondary N) is 1. The predicted octanol–water partition coefficient (Wildman–Crippen LogP) is 9.97. The van der Waals surface area contributed by atoms with Crippen LogP contribution in [-0.4, -0.2) is 64.7 Å². The van der Waals surface area contributed by atoms with Gasteiger partial charge in [-0.2, -0.15) is 0 Å². The van der Waals surface area contributed by atoms with Crippen LogP contribution >= 0.6 is 11.8 Å². The van der Waals surface area contributed by atoms with Crippen LogP contribution in [-0.2, 0) is 13.0 Å². The highest BCUT2D eigenvalue weighted by atomic mass is 32.2. The van der Waals surface area contributed by atoms with Crippen molar-refractivity contribution in [2.45, 2.75) is 68.8 Å². The molecule has 1 saturated heterocycles. The van der Waals surface area contributed by atoms with Gasteiger partial charge in [-0.15, -0.1) is 11.8 Å². The van der Waals surface area contributed by atoms with Gasteiger partial charge in [0.1, 0.15) is 5.75 Å². The lowest BCUT2D eigenvalue weighted by atomic mass is 9.97. The molecule has 0 amide bonds. The molecule has 1 aliphatic carbocycles. The van der Waals surface area contributed by atoms with Crippen molar-refractivity contribution in [1.29, 1.82) is 0 Å². The number of nitrogens with zero attached hydrogens (tertiary/aromatic N) is 2. The summed E-state index contributed by atoms with van der Waals surface area (Å²) >= 11 is 1.80. The van der Waals surface area contributed by atoms with Gasteiger partial charge in [0.2, 0.25) is 0 Å². The highest BCUT2D eigenvalue weighted by Gasteiger charge is 2.27. The second kappa shape index (κ2) is 17.2. The third kappa shape index (κ3) is 8.90. The fourth-order valence-corrected chi connectivity index (χ4v) is 8.40. The number of thioether (sulfide) groups is 1. The van der Waals surface area contributed by atoms with E-state index in [9.17, 15) is 0 Å². The Morgan fingerprint density at radius 1 is 0.830 bits per heavy atom. The van der Waals surface area contributed by atoms with Crippen LogP contribution in [0.4, 0.5) is 5.69 Å². The van der Waals surface area contributed by atoms with E-state index in [4.69, 9.17) is 14.2 Å². The molecule has 2 fully saturated rings. The molecule has 1 saturated carbocycles. The number of anilines is 1. The maximum atomic E-state index is 5.78. The van der Waals surface area contributed by atoms with Crippen molar-refractivity contribution in [3.05, 3.63) is 119 Å². The number of hydrogen-bond acceptors (Lipinski definition) is 7. The fraction of sp³-hybridized carbons (Fsp3) is 0.391. The number of rotatable bonds is 15. The first-order valence-corrected chi connectivity index (χ1v) is 20.5. The van der Waals surface area contributed by atoms with Gasteiger partial charge < -0.3 is 24.4 Å². The van der Waals surface area contributed by atoms with Crippen LogP contribution < -0.4 is 24.4 Å². The quantitative estimate of drug-likeness (QED) is 0.122. The normalized spacial score (nSPS) is 16.4. The Bertz CT molecular complexity index is 1930. The van der Waals surface area contributed by atoms with Gasteiger partial charge in [0, 0.05) is 60.6 Å². The number of likely N-dealkylation sites (tertiary alicyclic amines) is 1. The zero-order valence-electron chi connectivity index (χ0n) is 32.1. The summed E-state index contributed by atoms with van der Waals surface area (Å²) in [6.45, 7) is 6.99. The van der Waals surface area contributed by atoms with E-state index in [1.54, 1.807) is 33.1 Å². The molecule has 7 rings (SSSR count). The molecule has 53 heavy (non-hydrogen) atoms. The lowest BCUT2D eigenvalue weighted by Crippen LogP contribution is -2.45. The molecule has 0 atom stereocenters. The lowest BCUT2D eigenvalue weighted by Gasteiger charge is -2.40. The highest BCUT2D eigenvalue weighted by Crippen LogP contribution is 2.43. The van der Waals surface area contributed by atoms with E-state index in [1.807, 2.05) is 0 Å². The number of methoxy groups -OCH3 is 3. The predicted molar refractivity (Wildman–Crippen MR) is 222 cm³/mol. The van der Waals surface area contributed by atoms with E-state index in [2.05, 4.69) is 119 Å². The standard InChI is InChI=1S/C46H55N3O3S/c1-6-8-36-25-39(29-45(51-3)46(36)52-4)44-24-33(17-20-47-44)31-49(40-13-15-43(53-5)16-14-40)41-18-21-48(22-19-41)30-32-9-7-10-35(23-32)38-26-37(34-11-12-34)27-42(28-38)50-2/h7,9-10,13-17,23-29,34,41,47H,6,8,11-12,18-22,30-31H2,1-5H3. The van der Waals surface area contributed by atoms with Crippen LogP contribution in [0.15, 0.2) is 101 Å². The summed E-state index contributed by atoms with van der Waals surface area (Å²) in [7, 11) is 5.22. The number of benzene rings is 4. The van der Waals surface area contributed by atoms with E-state index in [-0.39, 0.29) is 0 Å². The van der Waals surface area contributed by atoms with E-state index in [1.165, 1.54) is 56.8 Å². The van der Waals surface area contributed by atoms with Gasteiger partial charge in [0.05, 0.1) is 21.3 Å². The average Bonchev–Trinajstić information content (AvgIpc) is 4.06. The van der Waals surface area contributed by atoms with Crippen molar-refractivity contribution in [3.8, 4) is 28.4 Å². The number of hydrogen-bond donors (Lipinski definition) is 1. The number of dihydropyridines is 1. The van der Waals surface area contributed by atoms with Crippen molar-refractivity contribution in [3.63, 3.8) is 0 Å². The first kappa shape index (κ1) is 37.0. The third-order valence-corrected chi connectivity index (χ3v) is 11.8. The molecule has 4 aromatic rings. The minimum Gasteiger partial charge on any atom is -0.497 e. The molecule has 278 valence electrons. The minimum atomic E-state index is 0.459. The van der Waals surface area contributed by atoms with Gasteiger partial charge >= 0.3 is 0 Å². The van der Waals surface area contributed by atoms with Crippen LogP contribution in [0.1, 0.15) is 67.2 Å². The van der Waals surface area contributed by atoms with Gasteiger partial charge in [0.25, 0.3) is 0 Å². The molecule has 0 aromatic heterocycles. The Balaban J connectivity index is 1.07. The zero-order chi connectivity index (χ0) is 36.7. The first-order chi connectivity index (χ1) is 26.0. The van der Waals surface area contributed by atoms with Crippen LogP contribution in [0.2, 0.25) is 0 Å². The van der Waals surface area contributed by atoms with E-state index < -0.39 is 0 Å². The molecule has 0 spiro atoms. The molecular weight excluding hydrogens is 675 g/mol. The van der Waals surface area contributed by atoms with Crippen molar-refractivity contribution >= 4 is 23.1 Å². The average molecular weight is 730 g/mol. The smallest absolute Gasteiger partial charge is 0.163 e. The van der Waals surface area contributed by atoms with Gasteiger partial charge in [0.15, 0.2) is 11.5 Å². The van der Waals surface area contributed by atoms with Crippen molar-refractivity contribution < 1.29 is 14.2 Å². The van der Waals surface area contributed by atoms with Crippen molar-refractivity contribution in [2.75, 3.05) is 58.7 Å². The van der Waals surface area contributed by atoms with Crippen LogP contribution in [0.3, 0.4) is 0 Å². The Morgan fingerprint density at radius 2 is 1.64 bits per heavy atom. The molecule has 1 N–H and O–H groups in total. The fourth-order valence-electron chi connectivity index (χ4n) is 7.99. The number of piperidine rings is 1. The van der Waals surface area contributed by atoms with E-state index >= 15 is 0 Å². The zero-order valence-corrected chi connectivity index (χ0v) is 32.9. The molecule has 2 heterocycles. The summed E-state index contributed by atoms with van der Waals surface area (Å²) in [5.41, 5.74) is 11.4.